The molecule has 21 heavy (non-hydrogen) atoms. The van der Waals surface area contributed by atoms with Crippen molar-refractivity contribution >= 4 is 21.6 Å². The first-order chi connectivity index (χ1) is 9.89. The van der Waals surface area contributed by atoms with Crippen LogP contribution in [0.5, 0.6) is 0 Å². The van der Waals surface area contributed by atoms with Crippen molar-refractivity contribution in [1.29, 1.82) is 0 Å². The molecule has 114 valence electrons. The summed E-state index contributed by atoms with van der Waals surface area (Å²) in [5.74, 6) is 0.101. The number of benzene rings is 1. The Kier molecular flexibility index (Phi) is 5.03. The molecule has 7 heteroatoms. The monoisotopic (exact) mass is 328 g/mol. The summed E-state index contributed by atoms with van der Waals surface area (Å²) in [6, 6.07) is 8.44. The van der Waals surface area contributed by atoms with E-state index in [1.165, 1.54) is 0 Å². The highest BCUT2D eigenvalue weighted by Crippen LogP contribution is 2.21. The molecule has 1 aromatic heterocycles. The predicted octanol–water partition coefficient (Wildman–Crippen LogP) is 3.21. The summed E-state index contributed by atoms with van der Waals surface area (Å²) in [4.78, 5) is 0. The second-order valence-corrected chi connectivity index (χ2v) is 7.01. The number of aryl methyl sites for hydroxylation is 1. The number of rotatable bonds is 6. The highest BCUT2D eigenvalue weighted by Gasteiger charge is 2.20. The van der Waals surface area contributed by atoms with Gasteiger partial charge in [-0.3, -0.25) is 0 Å². The third kappa shape index (κ3) is 4.56. The van der Waals surface area contributed by atoms with Crippen molar-refractivity contribution in [2.24, 2.45) is 0 Å². The van der Waals surface area contributed by atoms with Gasteiger partial charge in [0.1, 0.15) is 5.75 Å². The van der Waals surface area contributed by atoms with Gasteiger partial charge >= 0.3 is 0 Å². The predicted molar refractivity (Wildman–Crippen MR) is 81.5 cm³/mol. The van der Waals surface area contributed by atoms with E-state index in [9.17, 15) is 8.42 Å². The Morgan fingerprint density at radius 1 is 1.33 bits per heavy atom. The molecule has 0 radical (unpaired) electrons. The van der Waals surface area contributed by atoms with E-state index in [2.05, 4.69) is 9.88 Å². The van der Waals surface area contributed by atoms with Crippen LogP contribution in [0.15, 0.2) is 34.9 Å². The van der Waals surface area contributed by atoms with E-state index in [1.807, 2.05) is 19.1 Å². The van der Waals surface area contributed by atoms with Gasteiger partial charge in [-0.2, -0.15) is 0 Å². The quantitative estimate of drug-likeness (QED) is 0.883. The average Bonchev–Trinajstić information content (AvgIpc) is 2.81. The number of halogens is 1. The smallest absolute Gasteiger partial charge is 0.219 e. The van der Waals surface area contributed by atoms with Crippen LogP contribution >= 0.6 is 11.6 Å². The third-order valence-electron chi connectivity index (χ3n) is 3.01. The fourth-order valence-corrected chi connectivity index (χ4v) is 3.47. The van der Waals surface area contributed by atoms with Crippen molar-refractivity contribution in [2.75, 3.05) is 0 Å². The summed E-state index contributed by atoms with van der Waals surface area (Å²) in [5.41, 5.74) is 1.53. The molecule has 1 N–H and O–H groups in total. The SMILES string of the molecule is CCC(NS(=O)(=O)Cc1cc(C)no1)c1ccc(Cl)cc1. The van der Waals surface area contributed by atoms with Gasteiger partial charge in [0.25, 0.3) is 0 Å². The number of sulfonamides is 1. The first-order valence-corrected chi connectivity index (χ1v) is 8.60. The van der Waals surface area contributed by atoms with Crippen molar-refractivity contribution in [2.45, 2.75) is 32.1 Å². The molecule has 0 aliphatic rings. The van der Waals surface area contributed by atoms with E-state index in [0.29, 0.717) is 22.9 Å². The van der Waals surface area contributed by atoms with Gasteiger partial charge in [0.2, 0.25) is 10.0 Å². The molecular weight excluding hydrogens is 312 g/mol. The van der Waals surface area contributed by atoms with Crippen LogP contribution in [-0.2, 0) is 15.8 Å². The van der Waals surface area contributed by atoms with Gasteiger partial charge in [-0.25, -0.2) is 13.1 Å². The molecule has 2 aromatic rings. The molecule has 0 fully saturated rings. The second kappa shape index (κ2) is 6.60. The number of nitrogens with zero attached hydrogens (tertiary/aromatic N) is 1. The number of aromatic nitrogens is 1. The van der Waals surface area contributed by atoms with Crippen LogP contribution in [0, 0.1) is 6.92 Å². The van der Waals surface area contributed by atoms with Crippen LogP contribution in [0.25, 0.3) is 0 Å². The highest BCUT2D eigenvalue weighted by atomic mass is 35.5. The molecule has 5 nitrogen and oxygen atoms in total. The molecule has 0 saturated carbocycles. The van der Waals surface area contributed by atoms with Gasteiger partial charge in [0, 0.05) is 17.1 Å². The minimum absolute atomic E-state index is 0.224. The summed E-state index contributed by atoms with van der Waals surface area (Å²) in [7, 11) is -3.51. The highest BCUT2D eigenvalue weighted by molar-refractivity contribution is 7.88. The van der Waals surface area contributed by atoms with Crippen LogP contribution in [0.4, 0.5) is 0 Å². The Labute approximate surface area is 129 Å². The van der Waals surface area contributed by atoms with Crippen molar-refractivity contribution in [1.82, 2.24) is 9.88 Å². The van der Waals surface area contributed by atoms with Crippen molar-refractivity contribution < 1.29 is 12.9 Å². The fourth-order valence-electron chi connectivity index (χ4n) is 2.01. The lowest BCUT2D eigenvalue weighted by molar-refractivity contribution is 0.388. The van der Waals surface area contributed by atoms with E-state index in [1.54, 1.807) is 25.1 Å². The van der Waals surface area contributed by atoms with Gasteiger partial charge in [-0.15, -0.1) is 0 Å². The lowest BCUT2D eigenvalue weighted by atomic mass is 10.1. The lowest BCUT2D eigenvalue weighted by Crippen LogP contribution is -2.29. The molecule has 1 atom stereocenters. The molecule has 0 aliphatic heterocycles. The molecule has 2 rings (SSSR count). The van der Waals surface area contributed by atoms with Crippen LogP contribution in [-0.4, -0.2) is 13.6 Å². The maximum absolute atomic E-state index is 12.2. The zero-order valence-corrected chi connectivity index (χ0v) is 13.4. The van der Waals surface area contributed by atoms with E-state index < -0.39 is 10.0 Å². The van der Waals surface area contributed by atoms with Crippen LogP contribution in [0.1, 0.15) is 36.4 Å². The van der Waals surface area contributed by atoms with Gasteiger partial charge < -0.3 is 4.52 Å². The Bertz CT molecular complexity index is 695. The minimum Gasteiger partial charge on any atom is -0.360 e. The standard InChI is InChI=1S/C14H17ClN2O3S/c1-3-14(11-4-6-12(15)7-5-11)17-21(18,19)9-13-8-10(2)16-20-13/h4-8,14,17H,3,9H2,1-2H3. The largest absolute Gasteiger partial charge is 0.360 e. The van der Waals surface area contributed by atoms with Gasteiger partial charge in [0.05, 0.1) is 5.69 Å². The Hall–Kier alpha value is -1.37. The number of nitrogens with one attached hydrogen (secondary N) is 1. The Morgan fingerprint density at radius 3 is 2.52 bits per heavy atom. The Morgan fingerprint density at radius 2 is 2.00 bits per heavy atom. The molecule has 0 saturated heterocycles. The summed E-state index contributed by atoms with van der Waals surface area (Å²) in [6.07, 6.45) is 0.635. The molecule has 0 aliphatic carbocycles. The van der Waals surface area contributed by atoms with Gasteiger partial charge in [-0.05, 0) is 31.0 Å². The van der Waals surface area contributed by atoms with Gasteiger partial charge in [-0.1, -0.05) is 35.8 Å². The third-order valence-corrected chi connectivity index (χ3v) is 4.57. The van der Waals surface area contributed by atoms with E-state index in [4.69, 9.17) is 16.1 Å². The Balaban J connectivity index is 2.11. The number of hydrogen-bond donors (Lipinski definition) is 1. The zero-order chi connectivity index (χ0) is 15.5. The maximum Gasteiger partial charge on any atom is 0.219 e. The first-order valence-electron chi connectivity index (χ1n) is 6.57. The van der Waals surface area contributed by atoms with Crippen LogP contribution in [0.3, 0.4) is 0 Å². The van der Waals surface area contributed by atoms with Crippen LogP contribution < -0.4 is 4.72 Å². The molecule has 1 heterocycles. The summed E-state index contributed by atoms with van der Waals surface area (Å²) >= 11 is 5.84. The van der Waals surface area contributed by atoms with E-state index in [0.717, 1.165) is 5.56 Å². The fraction of sp³-hybridized carbons (Fsp3) is 0.357. The topological polar surface area (TPSA) is 72.2 Å². The van der Waals surface area contributed by atoms with Crippen LogP contribution in [0.2, 0.25) is 5.02 Å². The zero-order valence-electron chi connectivity index (χ0n) is 11.8. The first kappa shape index (κ1) is 16.0. The van der Waals surface area contributed by atoms with Crippen molar-refractivity contribution in [3.05, 3.63) is 52.4 Å². The molecule has 0 bridgehead atoms. The van der Waals surface area contributed by atoms with E-state index in [-0.39, 0.29) is 11.8 Å². The molecular formula is C14H17ClN2O3S. The summed E-state index contributed by atoms with van der Waals surface area (Å²) in [5, 5.41) is 4.31. The normalized spacial score (nSPS) is 13.3. The molecule has 0 amide bonds. The summed E-state index contributed by atoms with van der Waals surface area (Å²) in [6.45, 7) is 3.66. The summed E-state index contributed by atoms with van der Waals surface area (Å²) < 4.78 is 32.0. The maximum atomic E-state index is 12.2. The van der Waals surface area contributed by atoms with Crippen molar-refractivity contribution in [3.8, 4) is 0 Å². The van der Waals surface area contributed by atoms with Gasteiger partial charge in [0.15, 0.2) is 5.76 Å². The van der Waals surface area contributed by atoms with E-state index >= 15 is 0 Å². The second-order valence-electron chi connectivity index (χ2n) is 4.82. The van der Waals surface area contributed by atoms with Crippen molar-refractivity contribution in [3.63, 3.8) is 0 Å². The number of hydrogen-bond acceptors (Lipinski definition) is 4. The molecule has 1 unspecified atom stereocenters. The molecule has 0 spiro atoms. The molecule has 1 aromatic carbocycles. The average molecular weight is 329 g/mol. The lowest BCUT2D eigenvalue weighted by Gasteiger charge is -2.17. The minimum atomic E-state index is -3.51.